The number of halogens is 2. The smallest absolute Gasteiger partial charge is 0.152 e. The Morgan fingerprint density at radius 2 is 1.81 bits per heavy atom. The summed E-state index contributed by atoms with van der Waals surface area (Å²) in [5, 5.41) is 1.75. The van der Waals surface area contributed by atoms with Crippen molar-refractivity contribution in [3.8, 4) is 0 Å². The monoisotopic (exact) mass is 500 g/mol. The lowest BCUT2D eigenvalue weighted by Gasteiger charge is -2.30. The maximum absolute atomic E-state index is 6.28. The predicted molar refractivity (Wildman–Crippen MR) is 136 cm³/mol. The Balaban J connectivity index is 1.98. The van der Waals surface area contributed by atoms with Crippen molar-refractivity contribution in [3.05, 3.63) is 69.0 Å². The molecule has 0 fully saturated rings. The van der Waals surface area contributed by atoms with Crippen LogP contribution in [0, 0.1) is 0 Å². The van der Waals surface area contributed by atoms with E-state index in [0.717, 1.165) is 59.0 Å². The highest BCUT2D eigenvalue weighted by Crippen LogP contribution is 2.24. The summed E-state index contributed by atoms with van der Waals surface area (Å²) in [6.07, 6.45) is 6.94. The molecular formula is C25H30BrClN4. The van der Waals surface area contributed by atoms with E-state index in [1.54, 1.807) is 0 Å². The molecule has 0 saturated heterocycles. The van der Waals surface area contributed by atoms with Gasteiger partial charge in [0.2, 0.25) is 0 Å². The average Bonchev–Trinajstić information content (AvgIpc) is 2.77. The highest BCUT2D eigenvalue weighted by Gasteiger charge is 2.19. The molecule has 3 rings (SSSR count). The van der Waals surface area contributed by atoms with Crippen LogP contribution in [0.2, 0.25) is 5.02 Å². The molecule has 1 atom stereocenters. The van der Waals surface area contributed by atoms with E-state index >= 15 is 0 Å². The maximum atomic E-state index is 6.28. The van der Waals surface area contributed by atoms with Crippen LogP contribution >= 0.6 is 27.5 Å². The van der Waals surface area contributed by atoms with Crippen molar-refractivity contribution in [2.45, 2.75) is 39.2 Å². The van der Waals surface area contributed by atoms with Crippen molar-refractivity contribution in [1.29, 1.82) is 0 Å². The van der Waals surface area contributed by atoms with Crippen LogP contribution in [0.3, 0.4) is 0 Å². The third-order valence-electron chi connectivity index (χ3n) is 5.55. The maximum Gasteiger partial charge on any atom is 0.152 e. The van der Waals surface area contributed by atoms with Gasteiger partial charge in [-0.15, -0.1) is 0 Å². The van der Waals surface area contributed by atoms with Crippen LogP contribution in [-0.4, -0.2) is 40.5 Å². The summed E-state index contributed by atoms with van der Waals surface area (Å²) in [7, 11) is 0. The first-order valence-corrected chi connectivity index (χ1v) is 12.0. The SMILES string of the molecule is CCN(CC)C(CCCN)Cc1nc(C=Cc2ccc(Br)cc2)nc2cc(Cl)ccc12. The first-order valence-electron chi connectivity index (χ1n) is 10.9. The van der Waals surface area contributed by atoms with Crippen molar-refractivity contribution in [1.82, 2.24) is 14.9 Å². The second-order valence-electron chi connectivity index (χ2n) is 7.58. The molecule has 0 aliphatic rings. The number of aromatic nitrogens is 2. The van der Waals surface area contributed by atoms with Crippen molar-refractivity contribution in [2.24, 2.45) is 5.73 Å². The van der Waals surface area contributed by atoms with Crippen LogP contribution < -0.4 is 5.73 Å². The van der Waals surface area contributed by atoms with E-state index in [1.807, 2.05) is 42.5 Å². The zero-order valence-corrected chi connectivity index (χ0v) is 20.5. The van der Waals surface area contributed by atoms with Gasteiger partial charge in [0.15, 0.2) is 5.82 Å². The minimum Gasteiger partial charge on any atom is -0.330 e. The molecule has 0 bridgehead atoms. The van der Waals surface area contributed by atoms with Crippen molar-refractivity contribution in [3.63, 3.8) is 0 Å². The molecule has 4 nitrogen and oxygen atoms in total. The minimum absolute atomic E-state index is 0.399. The number of nitrogens with zero attached hydrogens (tertiary/aromatic N) is 3. The molecule has 0 amide bonds. The van der Waals surface area contributed by atoms with E-state index in [9.17, 15) is 0 Å². The fourth-order valence-corrected chi connectivity index (χ4v) is 4.32. The molecule has 6 heteroatoms. The van der Waals surface area contributed by atoms with Gasteiger partial charge in [0.1, 0.15) is 0 Å². The molecule has 0 aliphatic heterocycles. The minimum atomic E-state index is 0.399. The molecule has 1 heterocycles. The van der Waals surface area contributed by atoms with E-state index < -0.39 is 0 Å². The fraction of sp³-hybridized carbons (Fsp3) is 0.360. The third kappa shape index (κ3) is 6.59. The highest BCUT2D eigenvalue weighted by molar-refractivity contribution is 9.10. The van der Waals surface area contributed by atoms with Crippen LogP contribution in [0.25, 0.3) is 23.1 Å². The topological polar surface area (TPSA) is 55.0 Å². The van der Waals surface area contributed by atoms with Crippen molar-refractivity contribution < 1.29 is 0 Å². The molecule has 164 valence electrons. The van der Waals surface area contributed by atoms with Gasteiger partial charge in [-0.3, -0.25) is 0 Å². The van der Waals surface area contributed by atoms with Crippen molar-refractivity contribution >= 4 is 50.6 Å². The van der Waals surface area contributed by atoms with E-state index in [0.29, 0.717) is 23.4 Å². The summed E-state index contributed by atoms with van der Waals surface area (Å²) in [5.41, 5.74) is 8.86. The summed E-state index contributed by atoms with van der Waals surface area (Å²) >= 11 is 9.75. The number of benzene rings is 2. The summed E-state index contributed by atoms with van der Waals surface area (Å²) in [6.45, 7) is 7.15. The van der Waals surface area contributed by atoms with E-state index in [4.69, 9.17) is 27.3 Å². The number of hydrogen-bond donors (Lipinski definition) is 1. The van der Waals surface area contributed by atoms with Gasteiger partial charge in [-0.25, -0.2) is 9.97 Å². The Kier molecular flexibility index (Phi) is 9.02. The normalized spacial score (nSPS) is 12.8. The van der Waals surface area contributed by atoms with Gasteiger partial charge in [-0.05, 0) is 74.4 Å². The average molecular weight is 502 g/mol. The third-order valence-corrected chi connectivity index (χ3v) is 6.31. The molecule has 2 aromatic carbocycles. The molecule has 0 saturated carbocycles. The number of likely N-dealkylation sites (N-methyl/N-ethyl adjacent to an activating group) is 1. The Labute approximate surface area is 198 Å². The molecule has 0 spiro atoms. The molecule has 31 heavy (non-hydrogen) atoms. The van der Waals surface area contributed by atoms with Gasteiger partial charge in [-0.1, -0.05) is 59.6 Å². The Morgan fingerprint density at radius 1 is 1.06 bits per heavy atom. The Hall–Kier alpha value is -1.79. The van der Waals surface area contributed by atoms with Gasteiger partial charge in [0, 0.05) is 27.3 Å². The highest BCUT2D eigenvalue weighted by atomic mass is 79.9. The zero-order valence-electron chi connectivity index (χ0n) is 18.2. The standard InChI is InChI=1S/C25H30BrClN4/c1-3-31(4-2)21(6-5-15-28)17-24-22-13-12-20(27)16-23(22)29-25(30-24)14-9-18-7-10-19(26)11-8-18/h7-14,16,21H,3-6,15,17,28H2,1-2H3. The van der Waals surface area contributed by atoms with E-state index in [2.05, 4.69) is 46.8 Å². The Morgan fingerprint density at radius 3 is 2.48 bits per heavy atom. The van der Waals surface area contributed by atoms with Crippen LogP contribution in [-0.2, 0) is 6.42 Å². The number of rotatable bonds is 10. The fourth-order valence-electron chi connectivity index (χ4n) is 3.89. The van der Waals surface area contributed by atoms with Crippen LogP contribution in [0.4, 0.5) is 0 Å². The van der Waals surface area contributed by atoms with Gasteiger partial charge in [0.25, 0.3) is 0 Å². The van der Waals surface area contributed by atoms with Crippen LogP contribution in [0.5, 0.6) is 0 Å². The summed E-state index contributed by atoms with van der Waals surface area (Å²) in [4.78, 5) is 12.2. The molecule has 1 aromatic heterocycles. The summed E-state index contributed by atoms with van der Waals surface area (Å²) in [5.74, 6) is 0.699. The second-order valence-corrected chi connectivity index (χ2v) is 8.94. The van der Waals surface area contributed by atoms with Crippen LogP contribution in [0.15, 0.2) is 46.9 Å². The first-order chi connectivity index (χ1) is 15.0. The number of fused-ring (bicyclic) bond motifs is 1. The predicted octanol–water partition coefficient (Wildman–Crippen LogP) is 6.21. The molecule has 1 unspecified atom stereocenters. The van der Waals surface area contributed by atoms with E-state index in [1.165, 1.54) is 0 Å². The molecule has 2 N–H and O–H groups in total. The van der Waals surface area contributed by atoms with Gasteiger partial charge >= 0.3 is 0 Å². The zero-order chi connectivity index (χ0) is 22.2. The number of hydrogen-bond acceptors (Lipinski definition) is 4. The molecule has 3 aromatic rings. The molecule has 0 aliphatic carbocycles. The Bertz CT molecular complexity index is 1020. The second kappa shape index (κ2) is 11.7. The largest absolute Gasteiger partial charge is 0.330 e. The van der Waals surface area contributed by atoms with E-state index in [-0.39, 0.29) is 0 Å². The quantitative estimate of drug-likeness (QED) is 0.359. The van der Waals surface area contributed by atoms with Crippen molar-refractivity contribution in [2.75, 3.05) is 19.6 Å². The lowest BCUT2D eigenvalue weighted by Crippen LogP contribution is -2.37. The summed E-state index contributed by atoms with van der Waals surface area (Å²) in [6, 6.07) is 14.4. The van der Waals surface area contributed by atoms with Crippen LogP contribution in [0.1, 0.15) is 43.8 Å². The summed E-state index contributed by atoms with van der Waals surface area (Å²) < 4.78 is 1.06. The molecule has 0 radical (unpaired) electrons. The first kappa shape index (κ1) is 23.9. The van der Waals surface area contributed by atoms with Gasteiger partial charge in [0.05, 0.1) is 11.2 Å². The lowest BCUT2D eigenvalue weighted by molar-refractivity contribution is 0.202. The van der Waals surface area contributed by atoms with Gasteiger partial charge < -0.3 is 10.6 Å². The molecular weight excluding hydrogens is 472 g/mol. The lowest BCUT2D eigenvalue weighted by atomic mass is 10.0. The number of nitrogens with two attached hydrogens (primary N) is 1. The van der Waals surface area contributed by atoms with Gasteiger partial charge in [-0.2, -0.15) is 0 Å².